The Morgan fingerprint density at radius 1 is 0.524 bits per heavy atom. The van der Waals surface area contributed by atoms with E-state index in [1.165, 1.54) is 16.7 Å². The van der Waals surface area contributed by atoms with Gasteiger partial charge in [-0.15, -0.1) is 32.9 Å². The lowest BCUT2D eigenvalue weighted by atomic mass is 9.90. The highest BCUT2D eigenvalue weighted by Gasteiger charge is 2.16. The highest BCUT2D eigenvalue weighted by atomic mass is 14.7. The van der Waals surface area contributed by atoms with Crippen LogP contribution < -0.4 is 0 Å². The molecule has 21 heavy (non-hydrogen) atoms. The molecule has 0 saturated carbocycles. The van der Waals surface area contributed by atoms with Crippen molar-refractivity contribution in [3.63, 3.8) is 0 Å². The normalized spacial score (nSPS) is 9.90. The molecule has 0 radical (unpaired) electrons. The van der Waals surface area contributed by atoms with Crippen LogP contribution in [0.1, 0.15) is 28.1 Å². The van der Waals surface area contributed by atoms with Gasteiger partial charge in [-0.25, -0.2) is 0 Å². The van der Waals surface area contributed by atoms with Crippen molar-refractivity contribution >= 4 is 0 Å². The zero-order valence-corrected chi connectivity index (χ0v) is 12.9. The summed E-state index contributed by atoms with van der Waals surface area (Å²) in [5.74, 6) is 0. The maximum absolute atomic E-state index is 4.86. The number of hydrogen-bond acceptors (Lipinski definition) is 1. The minimum atomic E-state index is 0.770. The molecule has 110 valence electrons. The molecule has 0 aliphatic carbocycles. The molecule has 0 aliphatic rings. The second-order valence-corrected chi connectivity index (χ2v) is 4.90. The van der Waals surface area contributed by atoms with Crippen LogP contribution >= 0.6 is 0 Å². The molecular formula is C20H25N. The maximum atomic E-state index is 4.86. The molecule has 0 aliphatic heterocycles. The average Bonchev–Trinajstić information content (AvgIpc) is 2.47. The molecule has 0 fully saturated rings. The van der Waals surface area contributed by atoms with Gasteiger partial charge in [-0.1, -0.05) is 30.4 Å². The van der Waals surface area contributed by atoms with Crippen molar-refractivity contribution in [2.45, 2.75) is 32.1 Å². The smallest absolute Gasteiger partial charge is 0.0482 e. The second kappa shape index (κ2) is 8.91. The largest absolute Gasteiger partial charge is 0.257 e. The van der Waals surface area contributed by atoms with Crippen LogP contribution in [0.3, 0.4) is 0 Å². The summed E-state index contributed by atoms with van der Waals surface area (Å²) in [5, 5.41) is 0. The second-order valence-electron chi connectivity index (χ2n) is 4.90. The monoisotopic (exact) mass is 279 g/mol. The van der Waals surface area contributed by atoms with Gasteiger partial charge in [0.05, 0.1) is 0 Å². The number of hydrogen-bond donors (Lipinski definition) is 0. The van der Waals surface area contributed by atoms with E-state index in [0.29, 0.717) is 0 Å². The Bertz CT molecular complexity index is 507. The van der Waals surface area contributed by atoms with Crippen LogP contribution in [0.5, 0.6) is 0 Å². The van der Waals surface area contributed by atoms with Crippen molar-refractivity contribution in [2.75, 3.05) is 0 Å². The number of rotatable bonds is 10. The SMILES string of the molecule is C=CCc1nc(CC=C)c(CC=C)c(CC=C)c1CC=C. The quantitative estimate of drug-likeness (QED) is 0.564. The van der Waals surface area contributed by atoms with Crippen molar-refractivity contribution in [3.8, 4) is 0 Å². The fourth-order valence-electron chi connectivity index (χ4n) is 2.60. The lowest BCUT2D eigenvalue weighted by Gasteiger charge is -2.19. The van der Waals surface area contributed by atoms with Crippen LogP contribution in [-0.2, 0) is 32.1 Å². The molecule has 0 N–H and O–H groups in total. The van der Waals surface area contributed by atoms with Crippen molar-refractivity contribution < 1.29 is 0 Å². The molecule has 0 atom stereocenters. The van der Waals surface area contributed by atoms with Crippen molar-refractivity contribution in [1.82, 2.24) is 4.98 Å². The zero-order valence-electron chi connectivity index (χ0n) is 12.9. The topological polar surface area (TPSA) is 12.9 Å². The lowest BCUT2D eigenvalue weighted by Crippen LogP contribution is -2.11. The summed E-state index contributed by atoms with van der Waals surface area (Å²) in [5.41, 5.74) is 6.01. The average molecular weight is 279 g/mol. The molecule has 0 bridgehead atoms. The van der Waals surface area contributed by atoms with Gasteiger partial charge in [0.1, 0.15) is 0 Å². The summed E-state index contributed by atoms with van der Waals surface area (Å²) in [6.45, 7) is 19.3. The van der Waals surface area contributed by atoms with Gasteiger partial charge in [-0.2, -0.15) is 0 Å². The van der Waals surface area contributed by atoms with Gasteiger partial charge in [0.2, 0.25) is 0 Å². The van der Waals surface area contributed by atoms with Crippen LogP contribution in [0.2, 0.25) is 0 Å². The predicted octanol–water partition coefficient (Wildman–Crippen LogP) is 4.72. The van der Waals surface area contributed by atoms with E-state index in [-0.39, 0.29) is 0 Å². The minimum Gasteiger partial charge on any atom is -0.257 e. The Hall–Kier alpha value is -2.15. The van der Waals surface area contributed by atoms with Gasteiger partial charge in [0, 0.05) is 24.2 Å². The third kappa shape index (κ3) is 4.16. The Labute approximate surface area is 129 Å². The van der Waals surface area contributed by atoms with E-state index in [0.717, 1.165) is 43.5 Å². The summed E-state index contributed by atoms with van der Waals surface area (Å²) in [7, 11) is 0. The van der Waals surface area contributed by atoms with E-state index in [2.05, 4.69) is 32.9 Å². The molecule has 0 amide bonds. The number of allylic oxidation sites excluding steroid dienone is 5. The van der Waals surface area contributed by atoms with Crippen molar-refractivity contribution in [2.24, 2.45) is 0 Å². The van der Waals surface area contributed by atoms with Crippen LogP contribution in [-0.4, -0.2) is 4.98 Å². The summed E-state index contributed by atoms with van der Waals surface area (Å²) in [6, 6.07) is 0. The standard InChI is InChI=1S/C20H25N/c1-6-11-16-17(12-7-2)19(14-9-4)21-20(15-10-5)18(16)13-8-3/h6-10H,1-5,11-15H2. The van der Waals surface area contributed by atoms with Crippen molar-refractivity contribution in [3.05, 3.63) is 91.4 Å². The fraction of sp³-hybridized carbons (Fsp3) is 0.250. The number of nitrogens with zero attached hydrogens (tertiary/aromatic N) is 1. The third-order valence-electron chi connectivity index (χ3n) is 3.42. The Morgan fingerprint density at radius 3 is 1.19 bits per heavy atom. The van der Waals surface area contributed by atoms with Gasteiger partial charge in [0.25, 0.3) is 0 Å². The summed E-state index contributed by atoms with van der Waals surface area (Å²) >= 11 is 0. The lowest BCUT2D eigenvalue weighted by molar-refractivity contribution is 0.916. The molecule has 1 heterocycles. The highest BCUT2D eigenvalue weighted by Crippen LogP contribution is 2.25. The van der Waals surface area contributed by atoms with Gasteiger partial charge in [0.15, 0.2) is 0 Å². The van der Waals surface area contributed by atoms with Gasteiger partial charge in [-0.3, -0.25) is 4.98 Å². The summed E-state index contributed by atoms with van der Waals surface area (Å²) in [4.78, 5) is 4.86. The molecule has 0 spiro atoms. The third-order valence-corrected chi connectivity index (χ3v) is 3.42. The Morgan fingerprint density at radius 2 is 0.857 bits per heavy atom. The zero-order chi connectivity index (χ0) is 15.7. The van der Waals surface area contributed by atoms with Gasteiger partial charge >= 0.3 is 0 Å². The number of pyridine rings is 1. The van der Waals surface area contributed by atoms with Gasteiger partial charge < -0.3 is 0 Å². The van der Waals surface area contributed by atoms with Crippen LogP contribution in [0.15, 0.2) is 63.3 Å². The first-order chi connectivity index (χ1) is 10.2. The first-order valence-electron chi connectivity index (χ1n) is 7.30. The molecule has 0 saturated heterocycles. The molecular weight excluding hydrogens is 254 g/mol. The van der Waals surface area contributed by atoms with E-state index in [1.54, 1.807) is 0 Å². The van der Waals surface area contributed by atoms with E-state index in [1.807, 2.05) is 30.4 Å². The maximum Gasteiger partial charge on any atom is 0.0482 e. The predicted molar refractivity (Wildman–Crippen MR) is 93.7 cm³/mol. The molecule has 0 aromatic carbocycles. The van der Waals surface area contributed by atoms with Crippen LogP contribution in [0.25, 0.3) is 0 Å². The summed E-state index contributed by atoms with van der Waals surface area (Å²) < 4.78 is 0. The molecule has 1 aromatic rings. The summed E-state index contributed by atoms with van der Waals surface area (Å²) in [6.07, 6.45) is 13.6. The van der Waals surface area contributed by atoms with Crippen LogP contribution in [0, 0.1) is 0 Å². The van der Waals surface area contributed by atoms with E-state index < -0.39 is 0 Å². The van der Waals surface area contributed by atoms with E-state index in [9.17, 15) is 0 Å². The van der Waals surface area contributed by atoms with Gasteiger partial charge in [-0.05, 0) is 36.0 Å². The molecule has 1 aromatic heterocycles. The first kappa shape index (κ1) is 16.9. The fourth-order valence-corrected chi connectivity index (χ4v) is 2.60. The first-order valence-corrected chi connectivity index (χ1v) is 7.30. The minimum absolute atomic E-state index is 0.770. The molecule has 0 unspecified atom stereocenters. The molecule has 1 heteroatoms. The molecule has 1 rings (SSSR count). The van der Waals surface area contributed by atoms with E-state index in [4.69, 9.17) is 4.98 Å². The van der Waals surface area contributed by atoms with Crippen LogP contribution in [0.4, 0.5) is 0 Å². The van der Waals surface area contributed by atoms with E-state index >= 15 is 0 Å². The Kier molecular flexibility index (Phi) is 7.17. The number of aromatic nitrogens is 1. The Balaban J connectivity index is 3.62. The highest BCUT2D eigenvalue weighted by molar-refractivity contribution is 5.45. The van der Waals surface area contributed by atoms with Crippen molar-refractivity contribution in [1.29, 1.82) is 0 Å². The molecule has 1 nitrogen and oxygen atoms in total.